The second-order valence-electron chi connectivity index (χ2n) is 7.47. The first-order valence-electron chi connectivity index (χ1n) is 9.69. The van der Waals surface area contributed by atoms with Crippen molar-refractivity contribution < 1.29 is 28.9 Å². The number of aromatic hydroxyl groups is 1. The van der Waals surface area contributed by atoms with Crippen molar-refractivity contribution in [2.45, 2.75) is 38.5 Å². The Morgan fingerprint density at radius 1 is 1.10 bits per heavy atom. The number of nitrogens with one attached hydrogen (secondary N) is 1. The van der Waals surface area contributed by atoms with E-state index in [-0.39, 0.29) is 28.2 Å². The van der Waals surface area contributed by atoms with Gasteiger partial charge < -0.3 is 19.3 Å². The lowest BCUT2D eigenvalue weighted by Gasteiger charge is -2.30. The van der Waals surface area contributed by atoms with Gasteiger partial charge in [0.05, 0.1) is 5.25 Å². The van der Waals surface area contributed by atoms with E-state index in [9.17, 15) is 14.7 Å². The molecule has 2 unspecified atom stereocenters. The van der Waals surface area contributed by atoms with Gasteiger partial charge in [0.25, 0.3) is 5.24 Å². The minimum Gasteiger partial charge on any atom is -0.507 e. The molecule has 8 heteroatoms. The maximum absolute atomic E-state index is 11.7. The number of hydrogen-bond donors (Lipinski definition) is 2. The standard InChI is InChI=1S/C22H23NO6S/c1-11-12(2)20-19(13(3)18(11)24)28-10-16(29-20)9-27-15-6-4-14(5-7-15)8-17-21(25)23-22(26)30-17/h4-7,16-17,24H,8-10H2,1-3H3,(H,23,25,26). The lowest BCUT2D eigenvalue weighted by Crippen LogP contribution is -2.35. The van der Waals surface area contributed by atoms with E-state index in [0.29, 0.717) is 42.4 Å². The second kappa shape index (κ2) is 8.10. The van der Waals surface area contributed by atoms with Gasteiger partial charge in [-0.1, -0.05) is 23.9 Å². The molecule has 0 spiro atoms. The number of hydrogen-bond acceptors (Lipinski definition) is 7. The van der Waals surface area contributed by atoms with Crippen LogP contribution in [-0.4, -0.2) is 40.8 Å². The van der Waals surface area contributed by atoms with Gasteiger partial charge in [0.1, 0.15) is 24.7 Å². The van der Waals surface area contributed by atoms with Crippen molar-refractivity contribution in [3.8, 4) is 23.0 Å². The van der Waals surface area contributed by atoms with Crippen LogP contribution in [0, 0.1) is 20.8 Å². The second-order valence-corrected chi connectivity index (χ2v) is 8.65. The monoisotopic (exact) mass is 429 g/mol. The summed E-state index contributed by atoms with van der Waals surface area (Å²) in [5.41, 5.74) is 3.27. The number of phenols is 1. The molecule has 0 bridgehead atoms. The number of rotatable bonds is 5. The van der Waals surface area contributed by atoms with Crippen molar-refractivity contribution in [1.29, 1.82) is 0 Å². The van der Waals surface area contributed by atoms with Gasteiger partial charge in [0, 0.05) is 11.1 Å². The zero-order valence-corrected chi connectivity index (χ0v) is 17.8. The zero-order valence-electron chi connectivity index (χ0n) is 17.0. The van der Waals surface area contributed by atoms with Crippen LogP contribution in [0.15, 0.2) is 24.3 Å². The predicted octanol–water partition coefficient (Wildman–Crippen LogP) is 3.43. The summed E-state index contributed by atoms with van der Waals surface area (Å²) in [5, 5.41) is 11.8. The third-order valence-corrected chi connectivity index (χ3v) is 6.39. The number of thioether (sulfide) groups is 1. The van der Waals surface area contributed by atoms with Crippen molar-refractivity contribution in [2.24, 2.45) is 0 Å². The molecule has 4 rings (SSSR count). The number of ether oxygens (including phenoxy) is 3. The molecule has 30 heavy (non-hydrogen) atoms. The lowest BCUT2D eigenvalue weighted by molar-refractivity contribution is -0.118. The van der Waals surface area contributed by atoms with Crippen LogP contribution in [0.1, 0.15) is 22.3 Å². The number of benzene rings is 2. The molecule has 0 aliphatic carbocycles. The SMILES string of the molecule is Cc1c(C)c2c(c(C)c1O)OCC(COc1ccc(CC3SC(=O)NC3=O)cc1)O2. The number of carbonyl (C=O) groups excluding carboxylic acids is 2. The van der Waals surface area contributed by atoms with Crippen LogP contribution in [-0.2, 0) is 11.2 Å². The molecule has 2 aliphatic rings. The summed E-state index contributed by atoms with van der Waals surface area (Å²) in [6, 6.07) is 7.45. The van der Waals surface area contributed by atoms with Crippen LogP contribution in [0.2, 0.25) is 0 Å². The summed E-state index contributed by atoms with van der Waals surface area (Å²) >= 11 is 1.02. The van der Waals surface area contributed by atoms with Gasteiger partial charge in [-0.05, 0) is 50.5 Å². The summed E-state index contributed by atoms with van der Waals surface area (Å²) in [4.78, 5) is 23.0. The zero-order chi connectivity index (χ0) is 21.4. The highest BCUT2D eigenvalue weighted by Crippen LogP contribution is 2.44. The molecule has 1 fully saturated rings. The van der Waals surface area contributed by atoms with Crippen LogP contribution in [0.25, 0.3) is 0 Å². The number of phenolic OH excluding ortho intramolecular Hbond substituents is 1. The summed E-state index contributed by atoms with van der Waals surface area (Å²) in [6.45, 7) is 6.20. The topological polar surface area (TPSA) is 94.1 Å². The molecule has 2 atom stereocenters. The number of amides is 2. The molecular formula is C22H23NO6S. The first-order valence-corrected chi connectivity index (χ1v) is 10.6. The molecule has 0 saturated carbocycles. The maximum atomic E-state index is 11.7. The molecule has 0 aromatic heterocycles. The lowest BCUT2D eigenvalue weighted by atomic mass is 10.0. The smallest absolute Gasteiger partial charge is 0.286 e. The van der Waals surface area contributed by atoms with Gasteiger partial charge in [-0.3, -0.25) is 14.9 Å². The van der Waals surface area contributed by atoms with E-state index in [1.165, 1.54) is 0 Å². The Kier molecular flexibility index (Phi) is 5.51. The fourth-order valence-electron chi connectivity index (χ4n) is 3.50. The summed E-state index contributed by atoms with van der Waals surface area (Å²) in [6.07, 6.45) is 0.216. The molecule has 2 aliphatic heterocycles. The average molecular weight is 429 g/mol. The fourth-order valence-corrected chi connectivity index (χ4v) is 4.36. The Labute approximate surface area is 178 Å². The van der Waals surface area contributed by atoms with E-state index in [1.54, 1.807) is 0 Å². The fraction of sp³-hybridized carbons (Fsp3) is 0.364. The van der Waals surface area contributed by atoms with Crippen molar-refractivity contribution in [3.05, 3.63) is 46.5 Å². The van der Waals surface area contributed by atoms with E-state index < -0.39 is 0 Å². The third-order valence-electron chi connectivity index (χ3n) is 5.41. The molecule has 7 nitrogen and oxygen atoms in total. The number of carbonyl (C=O) groups is 2. The molecule has 158 valence electrons. The van der Waals surface area contributed by atoms with Gasteiger partial charge in [-0.2, -0.15) is 0 Å². The Bertz CT molecular complexity index is 1000. The highest BCUT2D eigenvalue weighted by atomic mass is 32.2. The third kappa shape index (κ3) is 3.92. The van der Waals surface area contributed by atoms with Gasteiger partial charge in [-0.25, -0.2) is 0 Å². The quantitative estimate of drug-likeness (QED) is 0.752. The molecular weight excluding hydrogens is 406 g/mol. The van der Waals surface area contributed by atoms with Crippen molar-refractivity contribution >= 4 is 22.9 Å². The van der Waals surface area contributed by atoms with Crippen LogP contribution in [0.5, 0.6) is 23.0 Å². The van der Waals surface area contributed by atoms with Crippen LogP contribution >= 0.6 is 11.8 Å². The van der Waals surface area contributed by atoms with Gasteiger partial charge >= 0.3 is 0 Å². The average Bonchev–Trinajstić information content (AvgIpc) is 3.06. The molecule has 0 radical (unpaired) electrons. The van der Waals surface area contributed by atoms with Crippen LogP contribution in [0.4, 0.5) is 4.79 Å². The molecule has 2 heterocycles. The van der Waals surface area contributed by atoms with Gasteiger partial charge in [-0.15, -0.1) is 0 Å². The molecule has 2 amide bonds. The first-order chi connectivity index (χ1) is 14.3. The summed E-state index contributed by atoms with van der Waals surface area (Å²) < 4.78 is 17.8. The molecule has 2 aromatic carbocycles. The van der Waals surface area contributed by atoms with E-state index in [0.717, 1.165) is 28.5 Å². The van der Waals surface area contributed by atoms with Gasteiger partial charge in [0.2, 0.25) is 5.91 Å². The number of imide groups is 1. The normalized spacial score (nSPS) is 20.2. The van der Waals surface area contributed by atoms with E-state index in [1.807, 2.05) is 45.0 Å². The van der Waals surface area contributed by atoms with Crippen molar-refractivity contribution in [1.82, 2.24) is 5.32 Å². The van der Waals surface area contributed by atoms with E-state index in [4.69, 9.17) is 14.2 Å². The molecule has 2 aromatic rings. The Hall–Kier alpha value is -2.87. The predicted molar refractivity (Wildman–Crippen MR) is 113 cm³/mol. The van der Waals surface area contributed by atoms with E-state index >= 15 is 0 Å². The maximum Gasteiger partial charge on any atom is 0.286 e. The molecule has 1 saturated heterocycles. The van der Waals surface area contributed by atoms with Crippen molar-refractivity contribution in [3.63, 3.8) is 0 Å². The minimum absolute atomic E-state index is 0.238. The summed E-state index contributed by atoms with van der Waals surface area (Å²) in [7, 11) is 0. The molecule has 2 N–H and O–H groups in total. The van der Waals surface area contributed by atoms with E-state index in [2.05, 4.69) is 5.32 Å². The Balaban J connectivity index is 1.36. The minimum atomic E-state index is -0.383. The van der Waals surface area contributed by atoms with Gasteiger partial charge in [0.15, 0.2) is 17.6 Å². The summed E-state index contributed by atoms with van der Waals surface area (Å²) in [5.74, 6) is 1.92. The van der Waals surface area contributed by atoms with Crippen molar-refractivity contribution in [2.75, 3.05) is 13.2 Å². The Morgan fingerprint density at radius 2 is 1.83 bits per heavy atom. The largest absolute Gasteiger partial charge is 0.507 e. The van der Waals surface area contributed by atoms with Crippen LogP contribution in [0.3, 0.4) is 0 Å². The highest BCUT2D eigenvalue weighted by Gasteiger charge is 2.31. The van der Waals surface area contributed by atoms with Crippen LogP contribution < -0.4 is 19.5 Å². The Morgan fingerprint density at radius 3 is 2.50 bits per heavy atom. The highest BCUT2D eigenvalue weighted by molar-refractivity contribution is 8.15. The first kappa shape index (κ1) is 20.4. The number of fused-ring (bicyclic) bond motifs is 1.